The molecule has 0 bridgehead atoms. The Bertz CT molecular complexity index is 268. The van der Waals surface area contributed by atoms with Gasteiger partial charge in [-0.2, -0.15) is 0 Å². The van der Waals surface area contributed by atoms with Gasteiger partial charge in [0.1, 0.15) is 0 Å². The zero-order valence-corrected chi connectivity index (χ0v) is 13.0. The fourth-order valence-electron chi connectivity index (χ4n) is 2.53. The van der Waals surface area contributed by atoms with Crippen molar-refractivity contribution in [3.63, 3.8) is 0 Å². The largest absolute Gasteiger partial charge is 2.00 e. The Morgan fingerprint density at radius 3 is 2.00 bits per heavy atom. The van der Waals surface area contributed by atoms with E-state index in [1.807, 2.05) is 64.7 Å². The summed E-state index contributed by atoms with van der Waals surface area (Å²) in [6.07, 6.45) is 25.8. The van der Waals surface area contributed by atoms with E-state index < -0.39 is 5.60 Å². The molecule has 20 heavy (non-hydrogen) atoms. The summed E-state index contributed by atoms with van der Waals surface area (Å²) in [6, 6.07) is 0. The van der Waals surface area contributed by atoms with Crippen molar-refractivity contribution in [1.29, 1.82) is 0 Å². The van der Waals surface area contributed by atoms with Crippen LogP contribution in [0.15, 0.2) is 12.2 Å². The predicted molar refractivity (Wildman–Crippen MR) is 79.0 cm³/mol. The predicted octanol–water partition coefficient (Wildman–Crippen LogP) is 3.52. The van der Waals surface area contributed by atoms with Crippen LogP contribution in [0.25, 0.3) is 0 Å². The summed E-state index contributed by atoms with van der Waals surface area (Å²) >= 11 is 0. The van der Waals surface area contributed by atoms with Crippen molar-refractivity contribution in [3.05, 3.63) is 75.9 Å². The molecule has 0 unspecified atom stereocenters. The maximum atomic E-state index is 10.4. The second-order valence-electron chi connectivity index (χ2n) is 5.25. The van der Waals surface area contributed by atoms with Crippen LogP contribution in [0.2, 0.25) is 0 Å². The number of aliphatic hydroxyl groups is 1. The van der Waals surface area contributed by atoms with Gasteiger partial charge in [0.2, 0.25) is 0 Å². The summed E-state index contributed by atoms with van der Waals surface area (Å²) in [4.78, 5) is 0. The Morgan fingerprint density at radius 2 is 1.55 bits per heavy atom. The van der Waals surface area contributed by atoms with Crippen molar-refractivity contribution in [1.82, 2.24) is 0 Å². The third kappa shape index (κ3) is 5.20. The monoisotopic (exact) mass is 310 g/mol. The summed E-state index contributed by atoms with van der Waals surface area (Å²) < 4.78 is 0. The molecule has 0 aromatic heterocycles. The van der Waals surface area contributed by atoms with Crippen LogP contribution in [0.3, 0.4) is 0 Å². The van der Waals surface area contributed by atoms with Gasteiger partial charge in [-0.05, 0) is 84.0 Å². The first kappa shape index (κ1) is 18.3. The molecule has 1 nitrogen and oxygen atoms in total. The minimum Gasteiger partial charge on any atom is -0.389 e. The van der Waals surface area contributed by atoms with E-state index in [0.717, 1.165) is 18.8 Å². The molecule has 0 saturated heterocycles. The van der Waals surface area contributed by atoms with E-state index in [9.17, 15) is 5.11 Å². The van der Waals surface area contributed by atoms with E-state index in [0.29, 0.717) is 0 Å². The summed E-state index contributed by atoms with van der Waals surface area (Å²) in [5.41, 5.74) is -0.694. The molecule has 1 N–H and O–H groups in total. The number of allylic oxidation sites excluding steroid dienone is 1. The molecular formula is C18H22FeO+2. The van der Waals surface area contributed by atoms with E-state index in [4.69, 9.17) is 0 Å². The third-order valence-electron chi connectivity index (χ3n) is 3.78. The van der Waals surface area contributed by atoms with Gasteiger partial charge in [-0.25, -0.2) is 0 Å². The second-order valence-corrected chi connectivity index (χ2v) is 5.25. The minimum atomic E-state index is -0.694. The maximum absolute atomic E-state index is 10.4. The van der Waals surface area contributed by atoms with Crippen LogP contribution < -0.4 is 0 Å². The fourth-order valence-corrected chi connectivity index (χ4v) is 2.53. The zero-order valence-electron chi connectivity index (χ0n) is 11.9. The molecule has 0 aromatic rings. The van der Waals surface area contributed by atoms with Crippen LogP contribution in [0.4, 0.5) is 0 Å². The zero-order chi connectivity index (χ0) is 13.6. The van der Waals surface area contributed by atoms with Crippen LogP contribution >= 0.6 is 0 Å². The molecule has 0 heterocycles. The van der Waals surface area contributed by atoms with Gasteiger partial charge in [-0.15, -0.1) is 0 Å². The van der Waals surface area contributed by atoms with Crippen LogP contribution in [-0.4, -0.2) is 10.7 Å². The summed E-state index contributed by atoms with van der Waals surface area (Å²) in [5, 5.41) is 10.4. The summed E-state index contributed by atoms with van der Waals surface area (Å²) in [6.45, 7) is 1.92. The molecule has 2 saturated carbocycles. The Balaban J connectivity index is 0.000000283. The molecule has 2 heteroatoms. The van der Waals surface area contributed by atoms with Crippen molar-refractivity contribution < 1.29 is 22.2 Å². The Hall–Kier alpha value is 0.219. The van der Waals surface area contributed by atoms with Crippen molar-refractivity contribution in [2.45, 2.75) is 31.8 Å². The van der Waals surface area contributed by atoms with Gasteiger partial charge >= 0.3 is 17.1 Å². The van der Waals surface area contributed by atoms with Gasteiger partial charge in [0.15, 0.2) is 0 Å². The van der Waals surface area contributed by atoms with Gasteiger partial charge < -0.3 is 5.11 Å². The van der Waals surface area contributed by atoms with E-state index in [-0.39, 0.29) is 23.0 Å². The molecule has 0 aliphatic heterocycles. The van der Waals surface area contributed by atoms with Gasteiger partial charge in [0.05, 0.1) is 5.60 Å². The van der Waals surface area contributed by atoms with E-state index in [1.54, 1.807) is 0 Å². The van der Waals surface area contributed by atoms with Crippen LogP contribution in [-0.2, 0) is 17.1 Å². The molecular weight excluding hydrogens is 288 g/mol. The SMILES string of the molecule is C[C@@](O)([C]1[CH][CH][CH][CH]1)[C@H]1C=CCCC1.[CH]1[CH][CH][CH][CH]1.[Fe+2]. The summed E-state index contributed by atoms with van der Waals surface area (Å²) in [5.74, 6) is 1.31. The first-order valence-corrected chi connectivity index (χ1v) is 6.99. The molecule has 3 aliphatic rings. The van der Waals surface area contributed by atoms with Crippen molar-refractivity contribution in [2.24, 2.45) is 5.92 Å². The molecule has 10 radical (unpaired) electrons. The van der Waals surface area contributed by atoms with E-state index in [1.165, 1.54) is 6.42 Å². The summed E-state index contributed by atoms with van der Waals surface area (Å²) in [7, 11) is 0. The van der Waals surface area contributed by atoms with Gasteiger partial charge in [-0.3, -0.25) is 0 Å². The Labute approximate surface area is 136 Å². The van der Waals surface area contributed by atoms with E-state index >= 15 is 0 Å². The smallest absolute Gasteiger partial charge is 0.389 e. The second kappa shape index (κ2) is 9.28. The Kier molecular flexibility index (Phi) is 8.48. The molecule has 0 spiro atoms. The van der Waals surface area contributed by atoms with E-state index in [2.05, 4.69) is 12.2 Å². The molecule has 3 rings (SSSR count). The maximum Gasteiger partial charge on any atom is 2.00 e. The quantitative estimate of drug-likeness (QED) is 0.611. The molecule has 3 aliphatic carbocycles. The first-order valence-electron chi connectivity index (χ1n) is 6.99. The van der Waals surface area contributed by atoms with Gasteiger partial charge in [0.25, 0.3) is 0 Å². The standard InChI is InChI=1S/C13H17O.C5H5.Fe/c1-13(14,12-9-5-6-10-12)11-7-3-2-4-8-11;1-2-4-5-3-1;/h3,5-7,9-11,14H,2,4,8H2,1H3;1-5H;/q;;+2/t11-,13-;;/m0../s1. The molecule has 2 atom stereocenters. The number of hydrogen-bond acceptors (Lipinski definition) is 1. The normalized spacial score (nSPS) is 29.2. The molecule has 0 amide bonds. The van der Waals surface area contributed by atoms with Crippen molar-refractivity contribution in [2.75, 3.05) is 0 Å². The van der Waals surface area contributed by atoms with Crippen LogP contribution in [0.1, 0.15) is 26.2 Å². The van der Waals surface area contributed by atoms with Crippen LogP contribution in [0.5, 0.6) is 0 Å². The van der Waals surface area contributed by atoms with Gasteiger partial charge in [-0.1, -0.05) is 12.2 Å². The minimum absolute atomic E-state index is 0. The van der Waals surface area contributed by atoms with Crippen molar-refractivity contribution >= 4 is 0 Å². The fraction of sp³-hybridized carbons (Fsp3) is 0.333. The van der Waals surface area contributed by atoms with Crippen molar-refractivity contribution in [3.8, 4) is 0 Å². The Morgan fingerprint density at radius 1 is 1.00 bits per heavy atom. The van der Waals surface area contributed by atoms with Crippen LogP contribution in [0, 0.1) is 69.6 Å². The average Bonchev–Trinajstić information content (AvgIpc) is 3.15. The number of hydrogen-bond donors (Lipinski definition) is 1. The third-order valence-corrected chi connectivity index (χ3v) is 3.78. The van der Waals surface area contributed by atoms with Gasteiger partial charge in [0, 0.05) is 11.8 Å². The average molecular weight is 310 g/mol. The number of rotatable bonds is 2. The molecule has 0 aromatic carbocycles. The molecule has 106 valence electrons. The first-order chi connectivity index (χ1) is 9.21. The molecule has 2 fully saturated rings. The topological polar surface area (TPSA) is 20.2 Å².